The Kier molecular flexibility index (Phi) is 6.71. The SMILES string of the molecule is NC(=O)[C@H](Cc1c[nH]c2ccccc12)NC(=O)c1cccc2c1CN(C(=O)c1ccc3c(-c4nccs4)noc3c1)CC2. The molecule has 4 heterocycles. The number of benzene rings is 3. The van der Waals surface area contributed by atoms with E-state index in [1.807, 2.05) is 54.0 Å². The first-order valence-electron chi connectivity index (χ1n) is 13.8. The maximum atomic E-state index is 13.6. The van der Waals surface area contributed by atoms with Crippen LogP contribution in [0.5, 0.6) is 0 Å². The maximum Gasteiger partial charge on any atom is 0.254 e. The number of nitrogens with one attached hydrogen (secondary N) is 2. The third-order valence-corrected chi connectivity index (χ3v) is 8.69. The van der Waals surface area contributed by atoms with E-state index in [1.54, 1.807) is 29.3 Å². The molecule has 11 heteroatoms. The van der Waals surface area contributed by atoms with Gasteiger partial charge in [0.2, 0.25) is 5.91 Å². The molecule has 1 aliphatic rings. The molecule has 0 saturated heterocycles. The lowest BCUT2D eigenvalue weighted by molar-refractivity contribution is -0.119. The number of fused-ring (bicyclic) bond motifs is 3. The molecule has 6 aromatic rings. The minimum Gasteiger partial charge on any atom is -0.368 e. The molecule has 0 aliphatic carbocycles. The third kappa shape index (κ3) is 4.93. The van der Waals surface area contributed by atoms with Crippen LogP contribution >= 0.6 is 11.3 Å². The number of aromatic amines is 1. The summed E-state index contributed by atoms with van der Waals surface area (Å²) in [6.45, 7) is 0.750. The van der Waals surface area contributed by atoms with Crippen molar-refractivity contribution in [1.29, 1.82) is 0 Å². The van der Waals surface area contributed by atoms with Crippen LogP contribution in [0.2, 0.25) is 0 Å². The highest BCUT2D eigenvalue weighted by Gasteiger charge is 2.28. The summed E-state index contributed by atoms with van der Waals surface area (Å²) in [5.74, 6) is -1.21. The van der Waals surface area contributed by atoms with Gasteiger partial charge in [0.05, 0.1) is 5.39 Å². The van der Waals surface area contributed by atoms with Crippen LogP contribution in [0, 0.1) is 0 Å². The molecule has 0 fully saturated rings. The van der Waals surface area contributed by atoms with Crippen LogP contribution in [-0.2, 0) is 24.2 Å². The smallest absolute Gasteiger partial charge is 0.254 e. The Labute approximate surface area is 249 Å². The molecule has 43 heavy (non-hydrogen) atoms. The Balaban J connectivity index is 1.11. The molecule has 10 nitrogen and oxygen atoms in total. The molecule has 3 amide bonds. The standard InChI is InChI=1S/C32H26N6O4S/c33-29(39)26(14-20-16-35-25-7-2-1-5-21(20)25)36-30(40)22-6-3-4-18-10-12-38(17-24(18)22)32(41)19-8-9-23-27(15-19)42-37-28(23)31-34-11-13-43-31/h1-9,11,13,15-16,26,35H,10,12,14,17H2,(H2,33,39)(H,36,40)/t26-/m0/s1. The van der Waals surface area contributed by atoms with Gasteiger partial charge in [0, 0.05) is 59.3 Å². The predicted molar refractivity (Wildman–Crippen MR) is 162 cm³/mol. The van der Waals surface area contributed by atoms with Crippen LogP contribution < -0.4 is 11.1 Å². The number of amides is 3. The van der Waals surface area contributed by atoms with Gasteiger partial charge in [-0.05, 0) is 53.4 Å². The summed E-state index contributed by atoms with van der Waals surface area (Å²) in [4.78, 5) is 48.8. The van der Waals surface area contributed by atoms with E-state index in [0.717, 1.165) is 38.0 Å². The second-order valence-electron chi connectivity index (χ2n) is 10.5. The molecule has 1 atom stereocenters. The largest absolute Gasteiger partial charge is 0.368 e. The van der Waals surface area contributed by atoms with Crippen LogP contribution in [0.4, 0.5) is 0 Å². The first-order chi connectivity index (χ1) is 21.0. The number of aromatic nitrogens is 3. The second-order valence-corrected chi connectivity index (χ2v) is 11.4. The fourth-order valence-corrected chi connectivity index (χ4v) is 6.33. The van der Waals surface area contributed by atoms with Gasteiger partial charge in [0.25, 0.3) is 11.8 Å². The Morgan fingerprint density at radius 3 is 2.81 bits per heavy atom. The summed E-state index contributed by atoms with van der Waals surface area (Å²) in [5.41, 5.74) is 11.3. The van der Waals surface area contributed by atoms with Crippen molar-refractivity contribution < 1.29 is 18.9 Å². The van der Waals surface area contributed by atoms with E-state index in [0.29, 0.717) is 35.4 Å². The topological polar surface area (TPSA) is 147 Å². The Hall–Kier alpha value is -5.29. The molecule has 214 valence electrons. The van der Waals surface area contributed by atoms with E-state index in [-0.39, 0.29) is 18.9 Å². The van der Waals surface area contributed by atoms with Gasteiger partial charge in [-0.2, -0.15) is 0 Å². The fourth-order valence-electron chi connectivity index (χ4n) is 5.69. The van der Waals surface area contributed by atoms with Crippen LogP contribution in [-0.4, -0.2) is 50.3 Å². The van der Waals surface area contributed by atoms with Crippen molar-refractivity contribution in [3.8, 4) is 10.7 Å². The van der Waals surface area contributed by atoms with Crippen LogP contribution in [0.25, 0.3) is 32.6 Å². The van der Waals surface area contributed by atoms with Gasteiger partial charge in [-0.3, -0.25) is 14.4 Å². The molecular formula is C32H26N6O4S. The number of H-pyrrole nitrogens is 1. The lowest BCUT2D eigenvalue weighted by Gasteiger charge is -2.30. The first kappa shape index (κ1) is 26.6. The minimum atomic E-state index is -0.910. The van der Waals surface area contributed by atoms with E-state index in [2.05, 4.69) is 20.4 Å². The van der Waals surface area contributed by atoms with Gasteiger partial charge in [-0.15, -0.1) is 11.3 Å². The molecular weight excluding hydrogens is 564 g/mol. The zero-order valence-electron chi connectivity index (χ0n) is 22.9. The van der Waals surface area contributed by atoms with Crippen LogP contribution in [0.15, 0.2) is 83.0 Å². The fraction of sp³-hybridized carbons (Fsp3) is 0.156. The van der Waals surface area contributed by atoms with Crippen molar-refractivity contribution in [3.63, 3.8) is 0 Å². The van der Waals surface area contributed by atoms with E-state index >= 15 is 0 Å². The van der Waals surface area contributed by atoms with E-state index in [4.69, 9.17) is 10.3 Å². The van der Waals surface area contributed by atoms with Crippen molar-refractivity contribution in [2.24, 2.45) is 5.73 Å². The number of carbonyl (C=O) groups is 3. The molecule has 0 unspecified atom stereocenters. The van der Waals surface area contributed by atoms with E-state index < -0.39 is 17.9 Å². The number of nitrogens with zero attached hydrogens (tertiary/aromatic N) is 3. The van der Waals surface area contributed by atoms with Gasteiger partial charge in [0.15, 0.2) is 5.58 Å². The average molecular weight is 591 g/mol. The van der Waals surface area contributed by atoms with Gasteiger partial charge < -0.3 is 25.5 Å². The Bertz CT molecular complexity index is 2010. The summed E-state index contributed by atoms with van der Waals surface area (Å²) in [6.07, 6.45) is 4.38. The molecule has 7 rings (SSSR count). The molecule has 0 spiro atoms. The van der Waals surface area contributed by atoms with Gasteiger partial charge >= 0.3 is 0 Å². The predicted octanol–water partition coefficient (Wildman–Crippen LogP) is 4.46. The van der Waals surface area contributed by atoms with Crippen molar-refractivity contribution in [2.75, 3.05) is 6.54 Å². The number of thiazole rings is 1. The molecule has 4 N–H and O–H groups in total. The van der Waals surface area contributed by atoms with Gasteiger partial charge in [-0.1, -0.05) is 35.5 Å². The summed E-state index contributed by atoms with van der Waals surface area (Å²) in [6, 6.07) is 17.6. The van der Waals surface area contributed by atoms with Crippen LogP contribution in [0.1, 0.15) is 37.4 Å². The van der Waals surface area contributed by atoms with Crippen LogP contribution in [0.3, 0.4) is 0 Å². The monoisotopic (exact) mass is 590 g/mol. The number of para-hydroxylation sites is 1. The summed E-state index contributed by atoms with van der Waals surface area (Å²) in [5, 5.41) is 11.4. The van der Waals surface area contributed by atoms with E-state index in [1.165, 1.54) is 11.3 Å². The van der Waals surface area contributed by atoms with Crippen molar-refractivity contribution in [1.82, 2.24) is 25.3 Å². The van der Waals surface area contributed by atoms with Gasteiger partial charge in [0.1, 0.15) is 16.7 Å². The number of primary amides is 1. The molecule has 3 aromatic heterocycles. The molecule has 0 radical (unpaired) electrons. The minimum absolute atomic E-state index is 0.177. The lowest BCUT2D eigenvalue weighted by Crippen LogP contribution is -2.46. The highest BCUT2D eigenvalue weighted by atomic mass is 32.1. The number of carbonyl (C=O) groups excluding carboxylic acids is 3. The average Bonchev–Trinajstić information content (AvgIpc) is 3.79. The first-order valence-corrected chi connectivity index (χ1v) is 14.7. The zero-order chi connectivity index (χ0) is 29.5. The third-order valence-electron chi connectivity index (χ3n) is 7.91. The van der Waals surface area contributed by atoms with E-state index in [9.17, 15) is 14.4 Å². The quantitative estimate of drug-likeness (QED) is 0.250. The van der Waals surface area contributed by atoms with Crippen molar-refractivity contribution in [2.45, 2.75) is 25.4 Å². The summed E-state index contributed by atoms with van der Waals surface area (Å²) < 4.78 is 5.53. The second kappa shape index (κ2) is 10.8. The number of nitrogens with two attached hydrogens (primary N) is 1. The molecule has 0 saturated carbocycles. The number of hydrogen-bond acceptors (Lipinski definition) is 7. The summed E-state index contributed by atoms with van der Waals surface area (Å²) >= 11 is 1.46. The van der Waals surface area contributed by atoms with Crippen molar-refractivity contribution >= 4 is 50.9 Å². The zero-order valence-corrected chi connectivity index (χ0v) is 23.7. The van der Waals surface area contributed by atoms with Gasteiger partial charge in [-0.25, -0.2) is 4.98 Å². The normalized spacial score (nSPS) is 13.6. The Morgan fingerprint density at radius 2 is 1.98 bits per heavy atom. The Morgan fingerprint density at radius 1 is 1.09 bits per heavy atom. The summed E-state index contributed by atoms with van der Waals surface area (Å²) in [7, 11) is 0. The maximum absolute atomic E-state index is 13.6. The number of hydrogen-bond donors (Lipinski definition) is 3. The lowest BCUT2D eigenvalue weighted by atomic mass is 9.93. The number of rotatable bonds is 7. The van der Waals surface area contributed by atoms with Crippen molar-refractivity contribution in [3.05, 3.63) is 106 Å². The molecule has 0 bridgehead atoms. The highest BCUT2D eigenvalue weighted by molar-refractivity contribution is 7.13. The molecule has 1 aliphatic heterocycles. The highest BCUT2D eigenvalue weighted by Crippen LogP contribution is 2.31. The molecule has 3 aromatic carbocycles.